The molecule has 1 fully saturated rings. The molecular formula is C52H97NO10. The molecule has 0 aromatic heterocycles. The second-order valence-corrected chi connectivity index (χ2v) is 18.2. The standard InChI is InChI=1S/C52H97NO10/c1-3-5-7-9-11-13-15-17-19-20-21-22-23-24-25-26-28-29-31-33-35-37-39-44(55)47(57)43(42-62-52-50(60)49(59)48(58)46(41-54)63-52)53-51(61)45(56)40-38-36-34-32-30-27-18-16-14-12-10-8-6-4-2/h21-22,25-26,31,33,43-50,52,54-60H,3-20,23-24,27-30,32,34-42H2,1-2H3,(H,53,61)/b22-21+,26-25+,33-31+. The lowest BCUT2D eigenvalue weighted by Gasteiger charge is -2.40. The lowest BCUT2D eigenvalue weighted by atomic mass is 9.98. The molecule has 8 N–H and O–H groups in total. The van der Waals surface area contributed by atoms with Gasteiger partial charge in [0.2, 0.25) is 5.91 Å². The van der Waals surface area contributed by atoms with Crippen molar-refractivity contribution >= 4 is 5.91 Å². The van der Waals surface area contributed by atoms with Gasteiger partial charge in [-0.1, -0.05) is 192 Å². The van der Waals surface area contributed by atoms with E-state index in [2.05, 4.69) is 55.6 Å². The molecule has 0 aliphatic carbocycles. The van der Waals surface area contributed by atoms with Gasteiger partial charge in [0.1, 0.15) is 36.6 Å². The molecule has 1 amide bonds. The predicted octanol–water partition coefficient (Wildman–Crippen LogP) is 9.56. The number of aliphatic hydroxyl groups excluding tert-OH is 7. The van der Waals surface area contributed by atoms with E-state index < -0.39 is 74.2 Å². The van der Waals surface area contributed by atoms with E-state index in [9.17, 15) is 40.5 Å². The Balaban J connectivity index is 2.42. The lowest BCUT2D eigenvalue weighted by molar-refractivity contribution is -0.303. The Morgan fingerprint density at radius 1 is 0.540 bits per heavy atom. The Morgan fingerprint density at radius 2 is 0.952 bits per heavy atom. The number of carbonyl (C=O) groups excluding carboxylic acids is 1. The number of hydrogen-bond acceptors (Lipinski definition) is 10. The molecule has 63 heavy (non-hydrogen) atoms. The van der Waals surface area contributed by atoms with E-state index in [1.807, 2.05) is 0 Å². The number of unbranched alkanes of at least 4 members (excludes halogenated alkanes) is 25. The topological polar surface area (TPSA) is 189 Å². The molecule has 0 bridgehead atoms. The normalized spacial score (nSPS) is 21.4. The molecule has 9 unspecified atom stereocenters. The highest BCUT2D eigenvalue weighted by Crippen LogP contribution is 2.23. The van der Waals surface area contributed by atoms with Crippen LogP contribution in [0.15, 0.2) is 36.5 Å². The summed E-state index contributed by atoms with van der Waals surface area (Å²) in [4.78, 5) is 13.1. The van der Waals surface area contributed by atoms with Crippen molar-refractivity contribution in [3.8, 4) is 0 Å². The maximum Gasteiger partial charge on any atom is 0.249 e. The van der Waals surface area contributed by atoms with Crippen LogP contribution in [-0.4, -0.2) is 110 Å². The highest BCUT2D eigenvalue weighted by atomic mass is 16.7. The monoisotopic (exact) mass is 896 g/mol. The molecule has 1 heterocycles. The van der Waals surface area contributed by atoms with Crippen LogP contribution < -0.4 is 5.32 Å². The molecule has 0 radical (unpaired) electrons. The summed E-state index contributed by atoms with van der Waals surface area (Å²) in [6.45, 7) is 3.43. The Bertz CT molecular complexity index is 1120. The maximum absolute atomic E-state index is 13.1. The zero-order chi connectivity index (χ0) is 46.2. The van der Waals surface area contributed by atoms with E-state index in [0.717, 1.165) is 44.9 Å². The van der Waals surface area contributed by atoms with E-state index in [4.69, 9.17) is 9.47 Å². The van der Waals surface area contributed by atoms with Gasteiger partial charge in [-0.25, -0.2) is 0 Å². The third kappa shape index (κ3) is 31.0. The maximum atomic E-state index is 13.1. The van der Waals surface area contributed by atoms with Gasteiger partial charge in [-0.05, 0) is 64.2 Å². The molecule has 0 saturated carbocycles. The molecule has 0 aromatic carbocycles. The summed E-state index contributed by atoms with van der Waals surface area (Å²) in [6.07, 6.45) is 37.6. The first-order valence-electron chi connectivity index (χ1n) is 25.9. The number of allylic oxidation sites excluding steroid dienone is 6. The molecule has 11 nitrogen and oxygen atoms in total. The molecule has 1 aliphatic heterocycles. The first-order chi connectivity index (χ1) is 30.7. The van der Waals surface area contributed by atoms with E-state index in [-0.39, 0.29) is 12.8 Å². The van der Waals surface area contributed by atoms with E-state index in [0.29, 0.717) is 19.3 Å². The van der Waals surface area contributed by atoms with E-state index >= 15 is 0 Å². The van der Waals surface area contributed by atoms with Crippen molar-refractivity contribution in [2.45, 2.75) is 274 Å². The first kappa shape index (κ1) is 59.3. The van der Waals surface area contributed by atoms with Crippen LogP contribution in [0.25, 0.3) is 0 Å². The fraction of sp³-hybridized carbons (Fsp3) is 0.865. The Morgan fingerprint density at radius 3 is 1.41 bits per heavy atom. The number of hydrogen-bond donors (Lipinski definition) is 8. The van der Waals surface area contributed by atoms with E-state index in [1.165, 1.54) is 128 Å². The van der Waals surface area contributed by atoms with Crippen molar-refractivity contribution in [2.24, 2.45) is 0 Å². The molecular weight excluding hydrogens is 799 g/mol. The molecule has 11 heteroatoms. The molecule has 1 rings (SSSR count). The summed E-state index contributed by atoms with van der Waals surface area (Å²) >= 11 is 0. The minimum Gasteiger partial charge on any atom is -0.394 e. The van der Waals surface area contributed by atoms with Crippen LogP contribution in [0, 0.1) is 0 Å². The van der Waals surface area contributed by atoms with Gasteiger partial charge in [0, 0.05) is 0 Å². The summed E-state index contributed by atoms with van der Waals surface area (Å²) in [5.74, 6) is -0.712. The molecule has 1 aliphatic rings. The quantitative estimate of drug-likeness (QED) is 0.0216. The van der Waals surface area contributed by atoms with Crippen LogP contribution in [0.1, 0.15) is 219 Å². The first-order valence-corrected chi connectivity index (χ1v) is 25.9. The summed E-state index contributed by atoms with van der Waals surface area (Å²) in [5, 5.41) is 75.8. The average Bonchev–Trinajstić information content (AvgIpc) is 3.28. The summed E-state index contributed by atoms with van der Waals surface area (Å²) < 4.78 is 11.1. The highest BCUT2D eigenvalue weighted by Gasteiger charge is 2.44. The fourth-order valence-corrected chi connectivity index (χ4v) is 8.12. The number of rotatable bonds is 43. The van der Waals surface area contributed by atoms with Crippen molar-refractivity contribution in [1.82, 2.24) is 5.32 Å². The van der Waals surface area contributed by atoms with Gasteiger partial charge in [-0.3, -0.25) is 4.79 Å². The minimum atomic E-state index is -1.67. The van der Waals surface area contributed by atoms with Crippen LogP contribution in [-0.2, 0) is 14.3 Å². The van der Waals surface area contributed by atoms with Gasteiger partial charge in [-0.2, -0.15) is 0 Å². The van der Waals surface area contributed by atoms with Crippen molar-refractivity contribution in [3.63, 3.8) is 0 Å². The van der Waals surface area contributed by atoms with E-state index in [1.54, 1.807) is 0 Å². The SMILES string of the molecule is CCCCCCCCCCC/C=C/CC/C=C/CC/C=C/CCCC(O)C(O)C(COC1OC(CO)C(O)C(O)C1O)NC(=O)C(O)CCCCCCCCCCCCCCCC. The second-order valence-electron chi connectivity index (χ2n) is 18.2. The minimum absolute atomic E-state index is 0.242. The van der Waals surface area contributed by atoms with Crippen LogP contribution in [0.2, 0.25) is 0 Å². The number of aliphatic hydroxyl groups is 7. The molecule has 1 saturated heterocycles. The number of carbonyl (C=O) groups is 1. The van der Waals surface area contributed by atoms with Gasteiger partial charge < -0.3 is 50.5 Å². The molecule has 0 spiro atoms. The number of nitrogens with one attached hydrogen (secondary N) is 1. The largest absolute Gasteiger partial charge is 0.394 e. The lowest BCUT2D eigenvalue weighted by Crippen LogP contribution is -2.60. The molecule has 0 aromatic rings. The highest BCUT2D eigenvalue weighted by molar-refractivity contribution is 5.80. The smallest absolute Gasteiger partial charge is 0.249 e. The Labute approximate surface area is 384 Å². The zero-order valence-corrected chi connectivity index (χ0v) is 40.1. The number of amides is 1. The van der Waals surface area contributed by atoms with Crippen molar-refractivity contribution in [2.75, 3.05) is 13.2 Å². The van der Waals surface area contributed by atoms with Crippen LogP contribution in [0.4, 0.5) is 0 Å². The zero-order valence-electron chi connectivity index (χ0n) is 40.1. The third-order valence-corrected chi connectivity index (χ3v) is 12.4. The van der Waals surface area contributed by atoms with Gasteiger partial charge >= 0.3 is 0 Å². The van der Waals surface area contributed by atoms with Crippen molar-refractivity contribution in [1.29, 1.82) is 0 Å². The van der Waals surface area contributed by atoms with Crippen molar-refractivity contribution in [3.05, 3.63) is 36.5 Å². The van der Waals surface area contributed by atoms with Crippen LogP contribution >= 0.6 is 0 Å². The summed E-state index contributed by atoms with van der Waals surface area (Å²) in [6, 6.07) is -1.19. The molecule has 370 valence electrons. The van der Waals surface area contributed by atoms with Crippen molar-refractivity contribution < 1.29 is 50.0 Å². The second kappa shape index (κ2) is 41.7. The third-order valence-electron chi connectivity index (χ3n) is 12.4. The predicted molar refractivity (Wildman–Crippen MR) is 256 cm³/mol. The van der Waals surface area contributed by atoms with Gasteiger partial charge in [0.05, 0.1) is 25.4 Å². The van der Waals surface area contributed by atoms with Gasteiger partial charge in [0.25, 0.3) is 0 Å². The van der Waals surface area contributed by atoms with Gasteiger partial charge in [-0.15, -0.1) is 0 Å². The van der Waals surface area contributed by atoms with Crippen LogP contribution in [0.5, 0.6) is 0 Å². The summed E-state index contributed by atoms with van der Waals surface area (Å²) in [7, 11) is 0. The Hall–Kier alpha value is -1.67. The average molecular weight is 896 g/mol. The number of ether oxygens (including phenoxy) is 2. The van der Waals surface area contributed by atoms with Crippen LogP contribution in [0.3, 0.4) is 0 Å². The van der Waals surface area contributed by atoms with Gasteiger partial charge in [0.15, 0.2) is 6.29 Å². The fourth-order valence-electron chi connectivity index (χ4n) is 8.12. The summed E-state index contributed by atoms with van der Waals surface area (Å²) in [5.41, 5.74) is 0. The molecule has 9 atom stereocenters. The Kier molecular flexibility index (Phi) is 39.3.